The van der Waals surface area contributed by atoms with E-state index in [1.165, 1.54) is 12.8 Å². The lowest BCUT2D eigenvalue weighted by Gasteiger charge is -2.38. The van der Waals surface area contributed by atoms with Crippen LogP contribution in [0.3, 0.4) is 0 Å². The second kappa shape index (κ2) is 6.42. The zero-order valence-corrected chi connectivity index (χ0v) is 14.6. The molecule has 2 bridgehead atoms. The van der Waals surface area contributed by atoms with Crippen LogP contribution >= 0.6 is 11.6 Å². The van der Waals surface area contributed by atoms with Crippen molar-refractivity contribution in [3.8, 4) is 0 Å². The van der Waals surface area contributed by atoms with Gasteiger partial charge in [0, 0.05) is 29.7 Å². The van der Waals surface area contributed by atoms with E-state index in [-0.39, 0.29) is 18.5 Å². The minimum absolute atomic E-state index is 0.0243. The minimum atomic E-state index is -0.715. The molecule has 0 saturated carbocycles. The molecule has 1 amide bonds. The first-order chi connectivity index (χ1) is 10.9. The molecular weight excluding hydrogens is 310 g/mol. The molecule has 0 radical (unpaired) electrons. The Balaban J connectivity index is 1.72. The largest absolute Gasteiger partial charge is 0.352 e. The summed E-state index contributed by atoms with van der Waals surface area (Å²) in [6.07, 6.45) is 4.58. The van der Waals surface area contributed by atoms with Crippen molar-refractivity contribution >= 4 is 17.5 Å². The molecule has 1 aromatic rings. The van der Waals surface area contributed by atoms with Gasteiger partial charge in [-0.25, -0.2) is 0 Å². The molecule has 5 heteroatoms. The number of amides is 1. The van der Waals surface area contributed by atoms with Crippen molar-refractivity contribution in [1.29, 1.82) is 0 Å². The van der Waals surface area contributed by atoms with Gasteiger partial charge in [-0.2, -0.15) is 0 Å². The first kappa shape index (κ1) is 16.7. The monoisotopic (exact) mass is 335 g/mol. The van der Waals surface area contributed by atoms with E-state index in [1.807, 2.05) is 31.2 Å². The smallest absolute Gasteiger partial charge is 0.231 e. The molecule has 126 valence electrons. The fraction of sp³-hybridized carbons (Fsp3) is 0.611. The Bertz CT molecular complexity index is 562. The number of hydrogen-bond acceptors (Lipinski definition) is 3. The Kier molecular flexibility index (Phi) is 4.68. The zero-order valence-electron chi connectivity index (χ0n) is 13.9. The number of halogens is 1. The number of nitrogens with zero attached hydrogens (tertiary/aromatic N) is 1. The predicted molar refractivity (Wildman–Crippen MR) is 93.6 cm³/mol. The van der Waals surface area contributed by atoms with Gasteiger partial charge < -0.3 is 16.0 Å². The molecule has 0 spiro atoms. The summed E-state index contributed by atoms with van der Waals surface area (Å²) in [6, 6.07) is 8.90. The second-order valence-electron chi connectivity index (χ2n) is 7.24. The summed E-state index contributed by atoms with van der Waals surface area (Å²) in [5.74, 6) is 0.0243. The fourth-order valence-electron chi connectivity index (χ4n) is 4.03. The lowest BCUT2D eigenvalue weighted by molar-refractivity contribution is -0.127. The Labute approximate surface area is 143 Å². The number of nitrogens with two attached hydrogens (primary N) is 1. The summed E-state index contributed by atoms with van der Waals surface area (Å²) < 4.78 is 0. The summed E-state index contributed by atoms with van der Waals surface area (Å²) in [7, 11) is 2.21. The summed E-state index contributed by atoms with van der Waals surface area (Å²) >= 11 is 5.96. The number of hydrogen-bond donors (Lipinski definition) is 2. The maximum absolute atomic E-state index is 12.9. The summed E-state index contributed by atoms with van der Waals surface area (Å²) in [5.41, 5.74) is 6.17. The Hall–Kier alpha value is -1.10. The molecular formula is C18H26ClN3O. The molecule has 3 unspecified atom stereocenters. The molecule has 3 atom stereocenters. The molecule has 1 aromatic carbocycles. The second-order valence-corrected chi connectivity index (χ2v) is 7.67. The number of benzene rings is 1. The third-order valence-electron chi connectivity index (χ3n) is 5.82. The van der Waals surface area contributed by atoms with Gasteiger partial charge in [-0.15, -0.1) is 0 Å². The van der Waals surface area contributed by atoms with Crippen LogP contribution in [0, 0.1) is 0 Å². The molecule has 0 aliphatic carbocycles. The lowest BCUT2D eigenvalue weighted by Crippen LogP contribution is -2.54. The van der Waals surface area contributed by atoms with Crippen LogP contribution in [0.4, 0.5) is 0 Å². The lowest BCUT2D eigenvalue weighted by atomic mass is 9.81. The van der Waals surface area contributed by atoms with Crippen LogP contribution < -0.4 is 11.1 Å². The van der Waals surface area contributed by atoms with E-state index >= 15 is 0 Å². The molecule has 2 saturated heterocycles. The Morgan fingerprint density at radius 1 is 1.30 bits per heavy atom. The topological polar surface area (TPSA) is 58.4 Å². The number of nitrogens with one attached hydrogen (secondary N) is 1. The number of carbonyl (C=O) groups excluding carboxylic acids is 1. The molecule has 0 aromatic heterocycles. The summed E-state index contributed by atoms with van der Waals surface area (Å²) in [4.78, 5) is 15.4. The summed E-state index contributed by atoms with van der Waals surface area (Å²) in [5, 5.41) is 3.93. The number of rotatable bonds is 4. The normalized spacial score (nSPS) is 30.0. The van der Waals surface area contributed by atoms with Crippen molar-refractivity contribution in [3.63, 3.8) is 0 Å². The number of carbonyl (C=O) groups is 1. The standard InChI is InChI=1S/C18H26ClN3O/c1-18(11-20,12-3-5-13(19)6-4-12)17(23)21-14-9-15-7-8-16(10-14)22(15)2/h3-6,14-16H,7-11,20H2,1-2H3,(H,21,23). The van der Waals surface area contributed by atoms with Crippen LogP contribution in [0.25, 0.3) is 0 Å². The molecule has 3 rings (SSSR count). The van der Waals surface area contributed by atoms with Crippen LogP contribution in [0.1, 0.15) is 38.2 Å². The van der Waals surface area contributed by atoms with Crippen molar-refractivity contribution in [2.24, 2.45) is 5.73 Å². The Morgan fingerprint density at radius 3 is 2.39 bits per heavy atom. The van der Waals surface area contributed by atoms with E-state index in [4.69, 9.17) is 17.3 Å². The van der Waals surface area contributed by atoms with E-state index in [0.29, 0.717) is 17.1 Å². The van der Waals surface area contributed by atoms with Crippen LogP contribution in [-0.2, 0) is 10.2 Å². The molecule has 3 N–H and O–H groups in total. The van der Waals surface area contributed by atoms with Crippen molar-refractivity contribution < 1.29 is 4.79 Å². The third kappa shape index (κ3) is 3.12. The van der Waals surface area contributed by atoms with Crippen molar-refractivity contribution in [2.75, 3.05) is 13.6 Å². The average molecular weight is 336 g/mol. The van der Waals surface area contributed by atoms with E-state index < -0.39 is 5.41 Å². The van der Waals surface area contributed by atoms with Gasteiger partial charge in [-0.05, 0) is 57.4 Å². The van der Waals surface area contributed by atoms with Crippen LogP contribution in [-0.4, -0.2) is 42.5 Å². The highest BCUT2D eigenvalue weighted by Gasteiger charge is 2.41. The van der Waals surface area contributed by atoms with E-state index in [0.717, 1.165) is 18.4 Å². The van der Waals surface area contributed by atoms with Crippen molar-refractivity contribution in [1.82, 2.24) is 10.2 Å². The van der Waals surface area contributed by atoms with Gasteiger partial charge in [-0.1, -0.05) is 23.7 Å². The van der Waals surface area contributed by atoms with E-state index in [9.17, 15) is 4.79 Å². The van der Waals surface area contributed by atoms with Gasteiger partial charge in [0.05, 0.1) is 5.41 Å². The molecule has 23 heavy (non-hydrogen) atoms. The molecule has 2 aliphatic rings. The SMILES string of the molecule is CN1C2CCC1CC(NC(=O)C(C)(CN)c1ccc(Cl)cc1)C2. The van der Waals surface area contributed by atoms with Crippen LogP contribution in [0.2, 0.25) is 5.02 Å². The van der Waals surface area contributed by atoms with Gasteiger partial charge in [0.1, 0.15) is 0 Å². The molecule has 2 heterocycles. The molecule has 2 aliphatic heterocycles. The van der Waals surface area contributed by atoms with Crippen LogP contribution in [0.15, 0.2) is 24.3 Å². The average Bonchev–Trinajstić information content (AvgIpc) is 2.76. The minimum Gasteiger partial charge on any atom is -0.352 e. The van der Waals surface area contributed by atoms with Crippen molar-refractivity contribution in [2.45, 2.75) is 56.1 Å². The summed E-state index contributed by atoms with van der Waals surface area (Å²) in [6.45, 7) is 2.19. The Morgan fingerprint density at radius 2 is 1.87 bits per heavy atom. The first-order valence-electron chi connectivity index (χ1n) is 8.43. The predicted octanol–water partition coefficient (Wildman–Crippen LogP) is 2.30. The highest BCUT2D eigenvalue weighted by Crippen LogP contribution is 2.35. The molecule has 2 fully saturated rings. The van der Waals surface area contributed by atoms with Gasteiger partial charge in [0.25, 0.3) is 0 Å². The van der Waals surface area contributed by atoms with Crippen molar-refractivity contribution in [3.05, 3.63) is 34.9 Å². The maximum Gasteiger partial charge on any atom is 0.231 e. The third-order valence-corrected chi connectivity index (χ3v) is 6.08. The zero-order chi connectivity index (χ0) is 16.6. The highest BCUT2D eigenvalue weighted by molar-refractivity contribution is 6.30. The van der Waals surface area contributed by atoms with Gasteiger partial charge in [0.15, 0.2) is 0 Å². The van der Waals surface area contributed by atoms with Gasteiger partial charge in [-0.3, -0.25) is 4.79 Å². The quantitative estimate of drug-likeness (QED) is 0.887. The number of fused-ring (bicyclic) bond motifs is 2. The fourth-order valence-corrected chi connectivity index (χ4v) is 4.16. The van der Waals surface area contributed by atoms with Crippen LogP contribution in [0.5, 0.6) is 0 Å². The van der Waals surface area contributed by atoms with E-state index in [1.54, 1.807) is 0 Å². The molecule has 4 nitrogen and oxygen atoms in total. The number of piperidine rings is 1. The van der Waals surface area contributed by atoms with Gasteiger partial charge in [0.2, 0.25) is 5.91 Å². The maximum atomic E-state index is 12.9. The van der Waals surface area contributed by atoms with Gasteiger partial charge >= 0.3 is 0 Å². The van der Waals surface area contributed by atoms with E-state index in [2.05, 4.69) is 17.3 Å². The highest BCUT2D eigenvalue weighted by atomic mass is 35.5. The first-order valence-corrected chi connectivity index (χ1v) is 8.81.